The molecule has 6 nitrogen and oxygen atoms in total. The van der Waals surface area contributed by atoms with E-state index < -0.39 is 0 Å². The number of hydrogen-bond acceptors (Lipinski definition) is 6. The molecule has 126 valence electrons. The Balaban J connectivity index is 1.70. The predicted octanol–water partition coefficient (Wildman–Crippen LogP) is 4.84. The van der Waals surface area contributed by atoms with Crippen molar-refractivity contribution in [3.05, 3.63) is 56.9 Å². The summed E-state index contributed by atoms with van der Waals surface area (Å²) in [6.45, 7) is 0.521. The van der Waals surface area contributed by atoms with Crippen LogP contribution in [0.3, 0.4) is 0 Å². The first-order chi connectivity index (χ1) is 12.1. The molecule has 0 bridgehead atoms. The van der Waals surface area contributed by atoms with Gasteiger partial charge in [0, 0.05) is 6.54 Å². The fraction of sp³-hybridized carbons (Fsp3) is 0.0667. The molecule has 0 spiro atoms. The minimum Gasteiger partial charge on any atom is -0.365 e. The molecule has 4 aromatic rings. The van der Waals surface area contributed by atoms with Crippen molar-refractivity contribution >= 4 is 62.2 Å². The number of benzene rings is 1. The second-order valence-electron chi connectivity index (χ2n) is 5.08. The topological polar surface area (TPSA) is 68.5 Å². The van der Waals surface area contributed by atoms with Crippen molar-refractivity contribution in [3.63, 3.8) is 0 Å². The van der Waals surface area contributed by atoms with Crippen molar-refractivity contribution in [3.8, 4) is 5.95 Å². The number of hydrogen-bond donors (Lipinski definition) is 1. The smallest absolute Gasteiger partial charge is 0.255 e. The van der Waals surface area contributed by atoms with Gasteiger partial charge in [0.2, 0.25) is 0 Å². The van der Waals surface area contributed by atoms with Crippen LogP contribution in [-0.2, 0) is 6.54 Å². The van der Waals surface area contributed by atoms with E-state index in [0.717, 1.165) is 15.8 Å². The Morgan fingerprint density at radius 2 is 1.96 bits per heavy atom. The summed E-state index contributed by atoms with van der Waals surface area (Å²) in [6.07, 6.45) is 2.97. The van der Waals surface area contributed by atoms with E-state index in [0.29, 0.717) is 32.7 Å². The Bertz CT molecular complexity index is 1050. The van der Waals surface area contributed by atoms with Gasteiger partial charge in [0.1, 0.15) is 23.3 Å². The number of fused-ring (bicyclic) bond motifs is 1. The number of rotatable bonds is 4. The van der Waals surface area contributed by atoms with Gasteiger partial charge in [0.05, 0.1) is 19.8 Å². The fourth-order valence-electron chi connectivity index (χ4n) is 2.26. The highest BCUT2D eigenvalue weighted by Crippen LogP contribution is 2.33. The van der Waals surface area contributed by atoms with Gasteiger partial charge in [-0.1, -0.05) is 40.9 Å². The van der Waals surface area contributed by atoms with E-state index >= 15 is 0 Å². The summed E-state index contributed by atoms with van der Waals surface area (Å²) >= 11 is 19.5. The van der Waals surface area contributed by atoms with Gasteiger partial charge in [-0.05, 0) is 23.8 Å². The molecular weight excluding hydrogens is 403 g/mol. The number of aromatic nitrogens is 5. The van der Waals surface area contributed by atoms with Crippen LogP contribution < -0.4 is 5.32 Å². The second kappa shape index (κ2) is 6.76. The summed E-state index contributed by atoms with van der Waals surface area (Å²) in [5.74, 6) is 1.07. The van der Waals surface area contributed by atoms with Gasteiger partial charge in [-0.3, -0.25) is 0 Å². The van der Waals surface area contributed by atoms with Gasteiger partial charge < -0.3 is 5.32 Å². The van der Waals surface area contributed by atoms with Gasteiger partial charge in [0.25, 0.3) is 5.95 Å². The molecule has 0 fully saturated rings. The largest absolute Gasteiger partial charge is 0.365 e. The highest BCUT2D eigenvalue weighted by atomic mass is 35.5. The van der Waals surface area contributed by atoms with Crippen LogP contribution in [0.2, 0.25) is 14.4 Å². The molecule has 3 aromatic heterocycles. The molecule has 1 N–H and O–H groups in total. The lowest BCUT2D eigenvalue weighted by molar-refractivity contribution is 0.815. The van der Waals surface area contributed by atoms with E-state index in [1.165, 1.54) is 22.3 Å². The molecule has 0 unspecified atom stereocenters. The molecular formula is C15H9Cl3N6S. The minimum absolute atomic E-state index is 0.417. The molecule has 0 saturated heterocycles. The Hall–Kier alpha value is -1.93. The molecule has 0 aliphatic heterocycles. The maximum Gasteiger partial charge on any atom is 0.255 e. The Labute approximate surface area is 161 Å². The predicted molar refractivity (Wildman–Crippen MR) is 101 cm³/mol. The van der Waals surface area contributed by atoms with Crippen LogP contribution >= 0.6 is 46.1 Å². The average molecular weight is 412 g/mol. The quantitative estimate of drug-likeness (QED) is 0.520. The number of thiophene rings is 1. The molecule has 0 aliphatic carbocycles. The lowest BCUT2D eigenvalue weighted by atomic mass is 10.2. The van der Waals surface area contributed by atoms with Crippen LogP contribution in [-0.4, -0.2) is 24.7 Å². The first-order valence-corrected chi connectivity index (χ1v) is 9.05. The second-order valence-corrected chi connectivity index (χ2v) is 7.56. The molecule has 10 heteroatoms. The van der Waals surface area contributed by atoms with Crippen LogP contribution in [0, 0.1) is 0 Å². The van der Waals surface area contributed by atoms with Crippen molar-refractivity contribution < 1.29 is 0 Å². The van der Waals surface area contributed by atoms with E-state index in [1.807, 2.05) is 18.2 Å². The van der Waals surface area contributed by atoms with E-state index in [1.54, 1.807) is 12.4 Å². The van der Waals surface area contributed by atoms with Crippen LogP contribution in [0.15, 0.2) is 36.9 Å². The Kier molecular flexibility index (Phi) is 4.47. The zero-order valence-electron chi connectivity index (χ0n) is 12.4. The number of halogens is 3. The molecule has 0 aliphatic rings. The van der Waals surface area contributed by atoms with Gasteiger partial charge in [-0.25, -0.2) is 4.98 Å². The highest BCUT2D eigenvalue weighted by Gasteiger charge is 2.13. The summed E-state index contributed by atoms with van der Waals surface area (Å²) in [6, 6.07) is 7.31. The SMILES string of the molecule is Clc1cc2c(NCc3ccc(Cl)c(Cl)c3)nc(-n3cncn3)nc2s1. The van der Waals surface area contributed by atoms with E-state index in [2.05, 4.69) is 25.4 Å². The van der Waals surface area contributed by atoms with Crippen molar-refractivity contribution in [2.45, 2.75) is 6.54 Å². The molecule has 0 atom stereocenters. The standard InChI is InChI=1S/C15H9Cl3N6S/c16-10-2-1-8(3-11(10)17)5-20-13-9-4-12(18)25-14(9)23-15(22-13)24-7-19-6-21-24/h1-4,6-7H,5H2,(H,20,22,23). The van der Waals surface area contributed by atoms with Crippen molar-refractivity contribution in [2.24, 2.45) is 0 Å². The zero-order chi connectivity index (χ0) is 17.4. The molecule has 4 rings (SSSR count). The van der Waals surface area contributed by atoms with Crippen molar-refractivity contribution in [1.29, 1.82) is 0 Å². The number of nitrogens with one attached hydrogen (secondary N) is 1. The van der Waals surface area contributed by atoms with Crippen LogP contribution in [0.25, 0.3) is 16.2 Å². The average Bonchev–Trinajstić information content (AvgIpc) is 3.24. The maximum atomic E-state index is 6.14. The third-order valence-electron chi connectivity index (χ3n) is 3.42. The zero-order valence-corrected chi connectivity index (χ0v) is 15.5. The highest BCUT2D eigenvalue weighted by molar-refractivity contribution is 7.22. The molecule has 25 heavy (non-hydrogen) atoms. The lowest BCUT2D eigenvalue weighted by Crippen LogP contribution is -2.07. The molecule has 0 saturated carbocycles. The summed E-state index contributed by atoms with van der Waals surface area (Å²) in [5.41, 5.74) is 0.977. The van der Waals surface area contributed by atoms with Gasteiger partial charge in [-0.15, -0.1) is 11.3 Å². The molecule has 0 radical (unpaired) electrons. The number of nitrogens with zero attached hydrogens (tertiary/aromatic N) is 5. The summed E-state index contributed by atoms with van der Waals surface area (Å²) < 4.78 is 2.13. The molecule has 1 aromatic carbocycles. The molecule has 0 amide bonds. The summed E-state index contributed by atoms with van der Waals surface area (Å²) in [5, 5.41) is 9.25. The maximum absolute atomic E-state index is 6.14. The van der Waals surface area contributed by atoms with Crippen LogP contribution in [0.4, 0.5) is 5.82 Å². The Morgan fingerprint density at radius 3 is 2.72 bits per heavy atom. The van der Waals surface area contributed by atoms with Gasteiger partial charge >= 0.3 is 0 Å². The van der Waals surface area contributed by atoms with Gasteiger partial charge in [-0.2, -0.15) is 19.7 Å². The number of anilines is 1. The minimum atomic E-state index is 0.417. The summed E-state index contributed by atoms with van der Waals surface area (Å²) in [7, 11) is 0. The lowest BCUT2D eigenvalue weighted by Gasteiger charge is -2.09. The first-order valence-electron chi connectivity index (χ1n) is 7.10. The third-order valence-corrected chi connectivity index (χ3v) is 5.32. The molecule has 3 heterocycles. The first kappa shape index (κ1) is 16.5. The van der Waals surface area contributed by atoms with E-state index in [-0.39, 0.29) is 0 Å². The fourth-order valence-corrected chi connectivity index (χ4v) is 3.67. The van der Waals surface area contributed by atoms with Crippen molar-refractivity contribution in [1.82, 2.24) is 24.7 Å². The van der Waals surface area contributed by atoms with E-state index in [9.17, 15) is 0 Å². The van der Waals surface area contributed by atoms with Gasteiger partial charge in [0.15, 0.2) is 0 Å². The summed E-state index contributed by atoms with van der Waals surface area (Å²) in [4.78, 5) is 13.7. The van der Waals surface area contributed by atoms with E-state index in [4.69, 9.17) is 34.8 Å². The normalized spacial score (nSPS) is 11.2. The Morgan fingerprint density at radius 1 is 1.08 bits per heavy atom. The van der Waals surface area contributed by atoms with Crippen LogP contribution in [0.5, 0.6) is 0 Å². The van der Waals surface area contributed by atoms with Crippen LogP contribution in [0.1, 0.15) is 5.56 Å². The third kappa shape index (κ3) is 3.41. The van der Waals surface area contributed by atoms with Crippen molar-refractivity contribution in [2.75, 3.05) is 5.32 Å². The monoisotopic (exact) mass is 410 g/mol.